The predicted octanol–water partition coefficient (Wildman–Crippen LogP) is 3.83. The first-order valence-corrected chi connectivity index (χ1v) is 9.09. The zero-order valence-corrected chi connectivity index (χ0v) is 15.3. The van der Waals surface area contributed by atoms with Crippen LogP contribution >= 0.6 is 0 Å². The van der Waals surface area contributed by atoms with E-state index < -0.39 is 0 Å². The summed E-state index contributed by atoms with van der Waals surface area (Å²) in [4.78, 5) is 12.9. The van der Waals surface area contributed by atoms with Gasteiger partial charge >= 0.3 is 0 Å². The summed E-state index contributed by atoms with van der Waals surface area (Å²) in [5.74, 6) is -0.288. The zero-order valence-electron chi connectivity index (χ0n) is 15.3. The van der Waals surface area contributed by atoms with Crippen LogP contribution in [0, 0.1) is 0 Å². The maximum Gasteiger partial charge on any atom is 0.276 e. The molecule has 0 saturated heterocycles. The highest BCUT2D eigenvalue weighted by atomic mass is 16.2. The second-order valence-electron chi connectivity index (χ2n) is 6.50. The third-order valence-electron chi connectivity index (χ3n) is 4.56. The largest absolute Gasteiger partial charge is 0.319 e. The molecule has 140 valence electrons. The molecular formula is C22H16N6O. The van der Waals surface area contributed by atoms with Crippen molar-refractivity contribution in [3.05, 3.63) is 97.1 Å². The number of carbonyl (C=O) groups is 1. The average molecular weight is 380 g/mol. The van der Waals surface area contributed by atoms with Gasteiger partial charge in [0, 0.05) is 11.8 Å². The second kappa shape index (κ2) is 7.05. The first-order valence-electron chi connectivity index (χ1n) is 9.09. The lowest BCUT2D eigenvalue weighted by Crippen LogP contribution is -2.13. The van der Waals surface area contributed by atoms with Gasteiger partial charge in [0.05, 0.1) is 17.1 Å². The molecule has 3 aromatic heterocycles. The Hall–Kier alpha value is -4.26. The highest BCUT2D eigenvalue weighted by molar-refractivity contribution is 6.03. The van der Waals surface area contributed by atoms with Crippen molar-refractivity contribution in [1.82, 2.24) is 24.4 Å². The molecule has 1 N–H and O–H groups in total. The minimum Gasteiger partial charge on any atom is -0.319 e. The van der Waals surface area contributed by atoms with Gasteiger partial charge in [-0.3, -0.25) is 9.20 Å². The molecule has 7 nitrogen and oxygen atoms in total. The molecule has 0 unspecified atom stereocenters. The molecular weight excluding hydrogens is 364 g/mol. The number of benzene rings is 2. The highest BCUT2D eigenvalue weighted by Gasteiger charge is 2.17. The van der Waals surface area contributed by atoms with Crippen LogP contribution in [0.4, 0.5) is 5.69 Å². The van der Waals surface area contributed by atoms with E-state index in [-0.39, 0.29) is 5.91 Å². The quantitative estimate of drug-likeness (QED) is 0.514. The van der Waals surface area contributed by atoms with Crippen molar-refractivity contribution in [2.75, 3.05) is 5.32 Å². The molecule has 1 amide bonds. The van der Waals surface area contributed by atoms with E-state index in [1.165, 1.54) is 0 Å². The number of aromatic nitrogens is 5. The summed E-state index contributed by atoms with van der Waals surface area (Å²) in [5.41, 5.74) is 4.39. The van der Waals surface area contributed by atoms with Crippen molar-refractivity contribution < 1.29 is 4.79 Å². The Labute approximate surface area is 166 Å². The Bertz CT molecular complexity index is 1230. The van der Waals surface area contributed by atoms with Crippen LogP contribution in [-0.2, 0) is 0 Å². The molecule has 7 heteroatoms. The minimum absolute atomic E-state index is 0.288. The normalized spacial score (nSPS) is 10.9. The van der Waals surface area contributed by atoms with Crippen LogP contribution in [0.15, 0.2) is 91.4 Å². The highest BCUT2D eigenvalue weighted by Crippen LogP contribution is 2.24. The number of carbonyl (C=O) groups excluding carboxylic acids is 1. The summed E-state index contributed by atoms with van der Waals surface area (Å²) in [5, 5.41) is 15.3. The van der Waals surface area contributed by atoms with E-state index in [0.29, 0.717) is 17.0 Å². The Morgan fingerprint density at radius 3 is 2.45 bits per heavy atom. The summed E-state index contributed by atoms with van der Waals surface area (Å²) in [6, 6.07) is 25.0. The van der Waals surface area contributed by atoms with Gasteiger partial charge in [0.2, 0.25) is 0 Å². The molecule has 2 aromatic carbocycles. The third kappa shape index (κ3) is 3.25. The maximum absolute atomic E-state index is 12.9. The lowest BCUT2D eigenvalue weighted by atomic mass is 10.1. The van der Waals surface area contributed by atoms with Gasteiger partial charge in [-0.1, -0.05) is 48.5 Å². The number of anilines is 1. The van der Waals surface area contributed by atoms with Gasteiger partial charge in [-0.25, -0.2) is 4.68 Å². The number of fused-ring (bicyclic) bond motifs is 1. The van der Waals surface area contributed by atoms with E-state index in [9.17, 15) is 4.79 Å². The summed E-state index contributed by atoms with van der Waals surface area (Å²) in [7, 11) is 0. The van der Waals surface area contributed by atoms with Crippen LogP contribution in [0.3, 0.4) is 0 Å². The van der Waals surface area contributed by atoms with Gasteiger partial charge < -0.3 is 5.32 Å². The van der Waals surface area contributed by atoms with Crippen LogP contribution in [0.25, 0.3) is 22.6 Å². The van der Waals surface area contributed by atoms with Crippen molar-refractivity contribution in [2.24, 2.45) is 0 Å². The lowest BCUT2D eigenvalue weighted by Gasteiger charge is -2.07. The second-order valence-corrected chi connectivity index (χ2v) is 6.50. The first-order chi connectivity index (χ1) is 14.3. The van der Waals surface area contributed by atoms with Crippen molar-refractivity contribution in [3.8, 4) is 16.9 Å². The zero-order chi connectivity index (χ0) is 19.6. The van der Waals surface area contributed by atoms with Crippen LogP contribution < -0.4 is 5.32 Å². The molecule has 0 spiro atoms. The fourth-order valence-corrected chi connectivity index (χ4v) is 3.17. The number of hydrogen-bond acceptors (Lipinski definition) is 4. The lowest BCUT2D eigenvalue weighted by molar-refractivity contribution is 0.102. The van der Waals surface area contributed by atoms with E-state index in [2.05, 4.69) is 20.6 Å². The van der Waals surface area contributed by atoms with E-state index in [4.69, 9.17) is 0 Å². The van der Waals surface area contributed by atoms with Crippen LogP contribution in [0.2, 0.25) is 0 Å². The van der Waals surface area contributed by atoms with Crippen LogP contribution in [-0.4, -0.2) is 30.3 Å². The number of nitrogens with one attached hydrogen (secondary N) is 1. The van der Waals surface area contributed by atoms with Gasteiger partial charge in [-0.05, 0) is 30.3 Å². The number of nitrogens with zero attached hydrogens (tertiary/aromatic N) is 5. The average Bonchev–Trinajstić information content (AvgIpc) is 3.42. The molecule has 0 fully saturated rings. The fourth-order valence-electron chi connectivity index (χ4n) is 3.17. The molecule has 0 atom stereocenters. The Morgan fingerprint density at radius 1 is 0.897 bits per heavy atom. The van der Waals surface area contributed by atoms with E-state index >= 15 is 0 Å². The smallest absolute Gasteiger partial charge is 0.276 e. The standard InChI is InChI=1S/C22H16N6O/c29-22(24-17-11-12-21-25-23-15-27(21)14-17)19-13-20(16-7-3-1-4-8-16)28(26-19)18-9-5-2-6-10-18/h1-15H,(H,24,29). The van der Waals surface area contributed by atoms with Crippen LogP contribution in [0.5, 0.6) is 0 Å². The molecule has 29 heavy (non-hydrogen) atoms. The predicted molar refractivity (Wildman–Crippen MR) is 110 cm³/mol. The molecule has 0 radical (unpaired) electrons. The molecule has 0 saturated carbocycles. The van der Waals surface area contributed by atoms with E-state index in [1.807, 2.05) is 60.7 Å². The summed E-state index contributed by atoms with van der Waals surface area (Å²) >= 11 is 0. The Morgan fingerprint density at radius 2 is 1.66 bits per heavy atom. The van der Waals surface area contributed by atoms with Crippen molar-refractivity contribution in [3.63, 3.8) is 0 Å². The topological polar surface area (TPSA) is 77.1 Å². The summed E-state index contributed by atoms with van der Waals surface area (Å²) in [6.45, 7) is 0. The van der Waals surface area contributed by atoms with Gasteiger partial charge in [-0.2, -0.15) is 5.10 Å². The van der Waals surface area contributed by atoms with Crippen molar-refractivity contribution in [2.45, 2.75) is 0 Å². The molecule has 0 aliphatic rings. The molecule has 5 rings (SSSR count). The SMILES string of the molecule is O=C(Nc1ccc2nncn2c1)c1cc(-c2ccccc2)n(-c2ccccc2)n1. The Kier molecular flexibility index (Phi) is 4.10. The number of amides is 1. The number of pyridine rings is 1. The van der Waals surface area contributed by atoms with Gasteiger partial charge in [0.1, 0.15) is 6.33 Å². The van der Waals surface area contributed by atoms with Crippen LogP contribution in [0.1, 0.15) is 10.5 Å². The van der Waals surface area contributed by atoms with Crippen molar-refractivity contribution >= 4 is 17.2 Å². The number of hydrogen-bond donors (Lipinski definition) is 1. The number of rotatable bonds is 4. The van der Waals surface area contributed by atoms with Gasteiger partial charge in [0.25, 0.3) is 5.91 Å². The van der Waals surface area contributed by atoms with Gasteiger partial charge in [-0.15, -0.1) is 10.2 Å². The fraction of sp³-hybridized carbons (Fsp3) is 0. The molecule has 0 aliphatic carbocycles. The molecule has 5 aromatic rings. The van der Waals surface area contributed by atoms with E-state index in [1.54, 1.807) is 39.8 Å². The number of para-hydroxylation sites is 1. The first kappa shape index (κ1) is 16.9. The minimum atomic E-state index is -0.288. The Balaban J connectivity index is 1.52. The van der Waals surface area contributed by atoms with Gasteiger partial charge in [0.15, 0.2) is 11.3 Å². The monoisotopic (exact) mass is 380 g/mol. The molecule has 3 heterocycles. The molecule has 0 bridgehead atoms. The third-order valence-corrected chi connectivity index (χ3v) is 4.56. The van der Waals surface area contributed by atoms with Crippen molar-refractivity contribution in [1.29, 1.82) is 0 Å². The summed E-state index contributed by atoms with van der Waals surface area (Å²) < 4.78 is 3.53. The molecule has 0 aliphatic heterocycles. The maximum atomic E-state index is 12.9. The van der Waals surface area contributed by atoms with E-state index in [0.717, 1.165) is 16.9 Å². The summed E-state index contributed by atoms with van der Waals surface area (Å²) in [6.07, 6.45) is 3.35.